The van der Waals surface area contributed by atoms with Gasteiger partial charge >= 0.3 is 0 Å². The van der Waals surface area contributed by atoms with Crippen LogP contribution in [0.2, 0.25) is 0 Å². The van der Waals surface area contributed by atoms with Crippen molar-refractivity contribution in [2.24, 2.45) is 0 Å². The average molecular weight is 284 g/mol. The van der Waals surface area contributed by atoms with Gasteiger partial charge in [0.2, 0.25) is 0 Å². The third kappa shape index (κ3) is 3.71. The quantitative estimate of drug-likeness (QED) is 0.936. The van der Waals surface area contributed by atoms with E-state index < -0.39 is 0 Å². The molecule has 1 aliphatic rings. The van der Waals surface area contributed by atoms with Crippen LogP contribution in [0.25, 0.3) is 0 Å². The van der Waals surface area contributed by atoms with Crippen LogP contribution in [-0.4, -0.2) is 34.3 Å². The van der Waals surface area contributed by atoms with Crippen molar-refractivity contribution in [3.8, 4) is 0 Å². The molecule has 1 saturated heterocycles. The highest BCUT2D eigenvalue weighted by Gasteiger charge is 2.19. The summed E-state index contributed by atoms with van der Waals surface area (Å²) >= 11 is 0. The minimum absolute atomic E-state index is 0.426. The minimum Gasteiger partial charge on any atom is -0.309 e. The highest BCUT2D eigenvalue weighted by molar-refractivity contribution is 5.19. The summed E-state index contributed by atoms with van der Waals surface area (Å²) in [6.45, 7) is 7.34. The Morgan fingerprint density at radius 1 is 1.29 bits per heavy atom. The van der Waals surface area contributed by atoms with Crippen molar-refractivity contribution in [1.82, 2.24) is 20.0 Å². The topological polar surface area (TPSA) is 33.1 Å². The molecule has 1 N–H and O–H groups in total. The van der Waals surface area contributed by atoms with E-state index in [9.17, 15) is 0 Å². The lowest BCUT2D eigenvalue weighted by Crippen LogP contribution is -2.31. The van der Waals surface area contributed by atoms with Crippen molar-refractivity contribution in [1.29, 1.82) is 0 Å². The van der Waals surface area contributed by atoms with Gasteiger partial charge in [0.25, 0.3) is 0 Å². The number of nitrogens with zero attached hydrogens (tertiary/aromatic N) is 3. The molecule has 1 aliphatic heterocycles. The van der Waals surface area contributed by atoms with Gasteiger partial charge in [0, 0.05) is 37.4 Å². The molecule has 3 rings (SSSR count). The van der Waals surface area contributed by atoms with Crippen LogP contribution in [0.4, 0.5) is 0 Å². The molecule has 1 fully saturated rings. The van der Waals surface area contributed by atoms with Crippen LogP contribution in [-0.2, 0) is 13.1 Å². The van der Waals surface area contributed by atoms with E-state index in [1.54, 1.807) is 0 Å². The second-order valence-electron chi connectivity index (χ2n) is 5.71. The summed E-state index contributed by atoms with van der Waals surface area (Å²) in [6, 6.07) is 11.2. The summed E-state index contributed by atoms with van der Waals surface area (Å²) in [7, 11) is 0. The molecule has 112 valence electrons. The lowest BCUT2D eigenvalue weighted by atomic mass is 10.1. The molecule has 1 unspecified atom stereocenters. The van der Waals surface area contributed by atoms with Crippen molar-refractivity contribution in [2.75, 3.05) is 19.6 Å². The highest BCUT2D eigenvalue weighted by atomic mass is 15.3. The predicted molar refractivity (Wildman–Crippen MR) is 85.0 cm³/mol. The SMILES string of the molecule is CCn1cc(CN2CCCNC(c3ccccc3)C2)cn1. The molecule has 2 heterocycles. The summed E-state index contributed by atoms with van der Waals surface area (Å²) in [6.07, 6.45) is 5.36. The average Bonchev–Trinajstić information content (AvgIpc) is 2.85. The fraction of sp³-hybridized carbons (Fsp3) is 0.471. The molecular weight excluding hydrogens is 260 g/mol. The van der Waals surface area contributed by atoms with E-state index in [1.807, 2.05) is 10.9 Å². The van der Waals surface area contributed by atoms with Gasteiger partial charge in [-0.05, 0) is 32.0 Å². The number of hydrogen-bond acceptors (Lipinski definition) is 3. The van der Waals surface area contributed by atoms with Crippen molar-refractivity contribution >= 4 is 0 Å². The number of aromatic nitrogens is 2. The molecule has 0 radical (unpaired) electrons. The number of rotatable bonds is 4. The van der Waals surface area contributed by atoms with E-state index in [4.69, 9.17) is 0 Å². The number of nitrogens with one attached hydrogen (secondary N) is 1. The Labute approximate surface area is 126 Å². The summed E-state index contributed by atoms with van der Waals surface area (Å²) in [5.41, 5.74) is 2.69. The van der Waals surface area contributed by atoms with Crippen molar-refractivity contribution in [2.45, 2.75) is 32.5 Å². The first-order chi connectivity index (χ1) is 10.3. The summed E-state index contributed by atoms with van der Waals surface area (Å²) in [5, 5.41) is 8.04. The molecule has 1 atom stereocenters. The molecule has 0 aliphatic carbocycles. The Morgan fingerprint density at radius 3 is 2.90 bits per heavy atom. The third-order valence-corrected chi connectivity index (χ3v) is 4.10. The summed E-state index contributed by atoms with van der Waals surface area (Å²) in [4.78, 5) is 2.54. The first kappa shape index (κ1) is 14.3. The third-order valence-electron chi connectivity index (χ3n) is 4.10. The van der Waals surface area contributed by atoms with Gasteiger partial charge in [-0.3, -0.25) is 9.58 Å². The minimum atomic E-state index is 0.426. The second kappa shape index (κ2) is 6.87. The lowest BCUT2D eigenvalue weighted by molar-refractivity contribution is 0.260. The van der Waals surface area contributed by atoms with Crippen LogP contribution >= 0.6 is 0 Å². The van der Waals surface area contributed by atoms with Gasteiger partial charge in [0.1, 0.15) is 0 Å². The van der Waals surface area contributed by atoms with Crippen LogP contribution < -0.4 is 5.32 Å². The Morgan fingerprint density at radius 2 is 2.14 bits per heavy atom. The van der Waals surface area contributed by atoms with Gasteiger partial charge in [0.05, 0.1) is 6.20 Å². The van der Waals surface area contributed by atoms with Crippen LogP contribution in [0.1, 0.15) is 30.5 Å². The van der Waals surface area contributed by atoms with E-state index in [0.29, 0.717) is 6.04 Å². The van der Waals surface area contributed by atoms with Crippen molar-refractivity contribution in [3.05, 3.63) is 53.9 Å². The summed E-state index contributed by atoms with van der Waals surface area (Å²) in [5.74, 6) is 0. The zero-order chi connectivity index (χ0) is 14.5. The molecular formula is C17H24N4. The fourth-order valence-corrected chi connectivity index (χ4v) is 2.96. The largest absolute Gasteiger partial charge is 0.309 e. The van der Waals surface area contributed by atoms with Gasteiger partial charge in [-0.2, -0.15) is 5.10 Å². The van der Waals surface area contributed by atoms with Gasteiger partial charge in [0.15, 0.2) is 0 Å². The Hall–Kier alpha value is -1.65. The Bertz CT molecular complexity index is 549. The molecule has 0 bridgehead atoms. The van der Waals surface area contributed by atoms with Crippen LogP contribution in [0.15, 0.2) is 42.7 Å². The monoisotopic (exact) mass is 284 g/mol. The number of benzene rings is 1. The van der Waals surface area contributed by atoms with Gasteiger partial charge in [-0.1, -0.05) is 30.3 Å². The highest BCUT2D eigenvalue weighted by Crippen LogP contribution is 2.18. The van der Waals surface area contributed by atoms with E-state index in [0.717, 1.165) is 32.7 Å². The van der Waals surface area contributed by atoms with E-state index in [1.165, 1.54) is 17.5 Å². The molecule has 0 amide bonds. The number of hydrogen-bond donors (Lipinski definition) is 1. The lowest BCUT2D eigenvalue weighted by Gasteiger charge is -2.24. The molecule has 1 aromatic carbocycles. The van der Waals surface area contributed by atoms with Gasteiger partial charge in [-0.25, -0.2) is 0 Å². The van der Waals surface area contributed by atoms with E-state index in [2.05, 4.69) is 58.8 Å². The molecule has 4 nitrogen and oxygen atoms in total. The molecule has 4 heteroatoms. The van der Waals surface area contributed by atoms with Crippen molar-refractivity contribution < 1.29 is 0 Å². The zero-order valence-corrected chi connectivity index (χ0v) is 12.7. The molecule has 0 spiro atoms. The van der Waals surface area contributed by atoms with Gasteiger partial charge in [-0.15, -0.1) is 0 Å². The Kier molecular flexibility index (Phi) is 4.68. The molecule has 2 aromatic rings. The van der Waals surface area contributed by atoms with Crippen molar-refractivity contribution in [3.63, 3.8) is 0 Å². The first-order valence-electron chi connectivity index (χ1n) is 7.87. The Balaban J connectivity index is 1.67. The second-order valence-corrected chi connectivity index (χ2v) is 5.71. The number of aryl methyl sites for hydroxylation is 1. The molecule has 1 aromatic heterocycles. The maximum Gasteiger partial charge on any atom is 0.0534 e. The molecule has 0 saturated carbocycles. The summed E-state index contributed by atoms with van der Waals surface area (Å²) < 4.78 is 2.00. The van der Waals surface area contributed by atoms with Crippen LogP contribution in [0.3, 0.4) is 0 Å². The smallest absolute Gasteiger partial charge is 0.0534 e. The predicted octanol–water partition coefficient (Wildman–Crippen LogP) is 2.44. The van der Waals surface area contributed by atoms with E-state index >= 15 is 0 Å². The maximum atomic E-state index is 4.38. The standard InChI is InChI=1S/C17H24N4/c1-2-21-13-15(11-19-21)12-20-10-6-9-18-17(14-20)16-7-4-3-5-8-16/h3-5,7-8,11,13,17-18H,2,6,9-10,12,14H2,1H3. The van der Waals surface area contributed by atoms with Crippen LogP contribution in [0, 0.1) is 0 Å². The maximum absolute atomic E-state index is 4.38. The molecule has 21 heavy (non-hydrogen) atoms. The van der Waals surface area contributed by atoms with Gasteiger partial charge < -0.3 is 5.32 Å². The van der Waals surface area contributed by atoms with Crippen LogP contribution in [0.5, 0.6) is 0 Å². The first-order valence-corrected chi connectivity index (χ1v) is 7.87. The fourth-order valence-electron chi connectivity index (χ4n) is 2.96. The normalized spacial score (nSPS) is 20.3. The van der Waals surface area contributed by atoms with E-state index in [-0.39, 0.29) is 0 Å². The zero-order valence-electron chi connectivity index (χ0n) is 12.7.